The lowest BCUT2D eigenvalue weighted by molar-refractivity contribution is -0.128. The molecule has 1 amide bonds. The van der Waals surface area contributed by atoms with Crippen LogP contribution in [0.25, 0.3) is 22.1 Å². The second-order valence-corrected chi connectivity index (χ2v) is 10.3. The summed E-state index contributed by atoms with van der Waals surface area (Å²) in [5.41, 5.74) is 4.35. The maximum Gasteiger partial charge on any atom is 0.246 e. The molecule has 0 radical (unpaired) electrons. The SMILES string of the molecule is C=CC(=O)N1CCN(c2ncc3ncnc(Nc4cc(C)c(Oc5ccc6c(c5)nnn6C)c(Cl)c4)c3n2)C[C@H]1C. The van der Waals surface area contributed by atoms with Crippen LogP contribution in [0, 0.1) is 6.92 Å². The maximum absolute atomic E-state index is 12.1. The number of nitrogens with zero attached hydrogens (tertiary/aromatic N) is 9. The summed E-state index contributed by atoms with van der Waals surface area (Å²) in [6.45, 7) is 9.28. The molecule has 41 heavy (non-hydrogen) atoms. The van der Waals surface area contributed by atoms with Gasteiger partial charge in [-0.25, -0.2) is 24.6 Å². The number of carbonyl (C=O) groups is 1. The fourth-order valence-corrected chi connectivity index (χ4v) is 5.25. The van der Waals surface area contributed by atoms with E-state index >= 15 is 0 Å². The summed E-state index contributed by atoms with van der Waals surface area (Å²) in [6.07, 6.45) is 4.49. The van der Waals surface area contributed by atoms with E-state index in [1.54, 1.807) is 21.8 Å². The average Bonchev–Trinajstić information content (AvgIpc) is 3.34. The first-order valence-corrected chi connectivity index (χ1v) is 13.4. The topological polar surface area (TPSA) is 127 Å². The van der Waals surface area contributed by atoms with Gasteiger partial charge in [0.05, 0.1) is 16.7 Å². The monoisotopic (exact) mass is 570 g/mol. The Morgan fingerprint density at radius 2 is 2.02 bits per heavy atom. The van der Waals surface area contributed by atoms with Gasteiger partial charge in [0.2, 0.25) is 11.9 Å². The molecule has 0 bridgehead atoms. The minimum atomic E-state index is -0.0755. The van der Waals surface area contributed by atoms with Crippen molar-refractivity contribution in [2.75, 3.05) is 29.9 Å². The number of hydrogen-bond acceptors (Lipinski definition) is 10. The number of fused-ring (bicyclic) bond motifs is 2. The van der Waals surface area contributed by atoms with Crippen LogP contribution in [0.15, 0.2) is 55.5 Å². The minimum Gasteiger partial charge on any atom is -0.455 e. The molecule has 1 fully saturated rings. The number of aryl methyl sites for hydroxylation is 2. The number of carbonyl (C=O) groups excluding carboxylic acids is 1. The Kier molecular flexibility index (Phi) is 6.83. The molecule has 12 nitrogen and oxygen atoms in total. The molecule has 0 unspecified atom stereocenters. The van der Waals surface area contributed by atoms with E-state index in [0.29, 0.717) is 59.0 Å². The van der Waals surface area contributed by atoms with Gasteiger partial charge in [-0.05, 0) is 49.8 Å². The molecule has 1 N–H and O–H groups in total. The van der Waals surface area contributed by atoms with E-state index < -0.39 is 0 Å². The summed E-state index contributed by atoms with van der Waals surface area (Å²) in [6, 6.07) is 9.28. The fourth-order valence-electron chi connectivity index (χ4n) is 4.94. The second kappa shape index (κ2) is 10.6. The number of nitrogens with one attached hydrogen (secondary N) is 1. The number of rotatable bonds is 6. The Bertz CT molecular complexity index is 1780. The van der Waals surface area contributed by atoms with Crippen LogP contribution < -0.4 is 15.0 Å². The van der Waals surface area contributed by atoms with Crippen LogP contribution >= 0.6 is 11.6 Å². The van der Waals surface area contributed by atoms with Gasteiger partial charge in [-0.1, -0.05) is 23.4 Å². The highest BCUT2D eigenvalue weighted by molar-refractivity contribution is 6.32. The Morgan fingerprint density at radius 3 is 2.80 bits per heavy atom. The predicted octanol–water partition coefficient (Wildman–Crippen LogP) is 4.42. The number of halogens is 1. The van der Waals surface area contributed by atoms with Gasteiger partial charge in [-0.3, -0.25) is 4.79 Å². The van der Waals surface area contributed by atoms with Crippen molar-refractivity contribution in [2.45, 2.75) is 19.9 Å². The molecule has 0 spiro atoms. The summed E-state index contributed by atoms with van der Waals surface area (Å²) in [4.78, 5) is 34.1. The minimum absolute atomic E-state index is 0.00782. The Labute approximate surface area is 240 Å². The normalized spacial score (nSPS) is 15.4. The molecule has 1 aliphatic heterocycles. The summed E-state index contributed by atoms with van der Waals surface area (Å²) in [7, 11) is 1.84. The third-order valence-corrected chi connectivity index (χ3v) is 7.31. The molecule has 0 aliphatic carbocycles. The lowest BCUT2D eigenvalue weighted by Crippen LogP contribution is -2.54. The van der Waals surface area contributed by atoms with Crippen LogP contribution in [0.5, 0.6) is 11.5 Å². The maximum atomic E-state index is 12.1. The Hall–Kier alpha value is -4.84. The number of benzene rings is 2. The fraction of sp³-hybridized carbons (Fsp3) is 0.250. The standard InChI is InChI=1S/C28H27ClN10O2/c1-5-24(40)39-9-8-38(14-17(39)3)28-30-13-22-25(34-28)27(32-15-31-22)33-18-10-16(2)26(20(29)11-18)41-19-6-7-23-21(12-19)35-36-37(23)4/h5-7,10-13,15,17H,1,8-9,14H2,2-4H3,(H,31,32,33)/t17-/m1/s1. The zero-order valence-corrected chi connectivity index (χ0v) is 23.5. The molecule has 13 heteroatoms. The number of amides is 1. The number of anilines is 3. The Morgan fingerprint density at radius 1 is 1.17 bits per heavy atom. The number of ether oxygens (including phenoxy) is 1. The van der Waals surface area contributed by atoms with E-state index in [2.05, 4.69) is 42.1 Å². The zero-order valence-electron chi connectivity index (χ0n) is 22.7. The number of aromatic nitrogens is 7. The van der Waals surface area contributed by atoms with Crippen LogP contribution in [0.2, 0.25) is 5.02 Å². The van der Waals surface area contributed by atoms with Crippen molar-refractivity contribution in [3.63, 3.8) is 0 Å². The van der Waals surface area contributed by atoms with E-state index in [-0.39, 0.29) is 11.9 Å². The largest absolute Gasteiger partial charge is 0.455 e. The van der Waals surface area contributed by atoms with E-state index in [1.165, 1.54) is 12.4 Å². The Balaban J connectivity index is 1.24. The molecule has 0 saturated carbocycles. The van der Waals surface area contributed by atoms with E-state index in [9.17, 15) is 4.79 Å². The van der Waals surface area contributed by atoms with Crippen LogP contribution in [0.1, 0.15) is 12.5 Å². The van der Waals surface area contributed by atoms with Crippen molar-refractivity contribution in [1.29, 1.82) is 0 Å². The highest BCUT2D eigenvalue weighted by atomic mass is 35.5. The molecular formula is C28H27ClN10O2. The van der Waals surface area contributed by atoms with Crippen molar-refractivity contribution in [3.8, 4) is 11.5 Å². The third-order valence-electron chi connectivity index (χ3n) is 7.03. The highest BCUT2D eigenvalue weighted by Crippen LogP contribution is 2.37. The smallest absolute Gasteiger partial charge is 0.246 e. The van der Waals surface area contributed by atoms with E-state index in [1.807, 2.05) is 45.2 Å². The lowest BCUT2D eigenvalue weighted by atomic mass is 10.2. The highest BCUT2D eigenvalue weighted by Gasteiger charge is 2.27. The van der Waals surface area contributed by atoms with Crippen LogP contribution in [0.3, 0.4) is 0 Å². The van der Waals surface area contributed by atoms with Crippen molar-refractivity contribution >= 4 is 57.0 Å². The van der Waals surface area contributed by atoms with Crippen LogP contribution in [-0.4, -0.2) is 71.4 Å². The van der Waals surface area contributed by atoms with Crippen molar-refractivity contribution < 1.29 is 9.53 Å². The van der Waals surface area contributed by atoms with Gasteiger partial charge >= 0.3 is 0 Å². The van der Waals surface area contributed by atoms with Crippen molar-refractivity contribution in [1.82, 2.24) is 39.8 Å². The molecule has 2 aromatic carbocycles. The summed E-state index contributed by atoms with van der Waals surface area (Å²) in [5, 5.41) is 11.9. The third kappa shape index (κ3) is 5.09. The van der Waals surface area contributed by atoms with Gasteiger partial charge in [0.15, 0.2) is 5.82 Å². The molecule has 1 aliphatic rings. The van der Waals surface area contributed by atoms with Gasteiger partial charge in [0.25, 0.3) is 0 Å². The predicted molar refractivity (Wildman–Crippen MR) is 157 cm³/mol. The molecule has 6 rings (SSSR count). The van der Waals surface area contributed by atoms with Crippen molar-refractivity contribution in [3.05, 3.63) is 66.1 Å². The average molecular weight is 571 g/mol. The number of hydrogen-bond donors (Lipinski definition) is 1. The summed E-state index contributed by atoms with van der Waals surface area (Å²) in [5.74, 6) is 2.14. The molecular weight excluding hydrogens is 544 g/mol. The van der Waals surface area contributed by atoms with Gasteiger partial charge in [0, 0.05) is 44.5 Å². The molecule has 5 aromatic rings. The van der Waals surface area contributed by atoms with Gasteiger partial charge in [-0.15, -0.1) is 5.10 Å². The van der Waals surface area contributed by atoms with Crippen LogP contribution in [0.4, 0.5) is 17.5 Å². The van der Waals surface area contributed by atoms with Crippen LogP contribution in [-0.2, 0) is 11.8 Å². The zero-order chi connectivity index (χ0) is 28.7. The van der Waals surface area contributed by atoms with Gasteiger partial charge in [-0.2, -0.15) is 0 Å². The first-order chi connectivity index (χ1) is 19.8. The van der Waals surface area contributed by atoms with E-state index in [4.69, 9.17) is 21.3 Å². The lowest BCUT2D eigenvalue weighted by Gasteiger charge is -2.39. The number of piperazine rings is 1. The molecule has 1 saturated heterocycles. The molecule has 3 aromatic heterocycles. The summed E-state index contributed by atoms with van der Waals surface area (Å²) >= 11 is 6.68. The first kappa shape index (κ1) is 26.4. The van der Waals surface area contributed by atoms with Crippen molar-refractivity contribution in [2.24, 2.45) is 7.05 Å². The van der Waals surface area contributed by atoms with Gasteiger partial charge in [0.1, 0.15) is 34.4 Å². The quantitative estimate of drug-likeness (QED) is 0.293. The molecule has 1 atom stereocenters. The second-order valence-electron chi connectivity index (χ2n) is 9.85. The summed E-state index contributed by atoms with van der Waals surface area (Å²) < 4.78 is 7.84. The molecule has 4 heterocycles. The first-order valence-electron chi connectivity index (χ1n) is 13.0. The van der Waals surface area contributed by atoms with E-state index in [0.717, 1.165) is 22.3 Å². The van der Waals surface area contributed by atoms with Gasteiger partial charge < -0.3 is 19.9 Å². The molecule has 208 valence electrons.